The number of nitrogens with two attached hydrogens (primary N) is 1. The van der Waals surface area contributed by atoms with Crippen LogP contribution in [-0.2, 0) is 11.2 Å². The molecule has 0 aromatic heterocycles. The van der Waals surface area contributed by atoms with Crippen LogP contribution >= 0.6 is 0 Å². The van der Waals surface area contributed by atoms with Crippen LogP contribution in [0.4, 0.5) is 0 Å². The Morgan fingerprint density at radius 2 is 1.76 bits per heavy atom. The molecular weight excluding hydrogens is 266 g/mol. The normalized spacial score (nSPS) is 11.8. The Morgan fingerprint density at radius 3 is 2.24 bits per heavy atom. The van der Waals surface area contributed by atoms with Crippen molar-refractivity contribution in [3.63, 3.8) is 0 Å². The molecule has 1 unspecified atom stereocenters. The summed E-state index contributed by atoms with van der Waals surface area (Å²) >= 11 is 0. The molecule has 2 amide bonds. The SMILES string of the molecule is CCN(CC)C(=O)C(C)NC(=O)c1ccc(CCN)cc1. The van der Waals surface area contributed by atoms with Gasteiger partial charge in [-0.25, -0.2) is 0 Å². The summed E-state index contributed by atoms with van der Waals surface area (Å²) in [6.07, 6.45) is 0.790. The maximum absolute atomic E-state index is 12.1. The minimum absolute atomic E-state index is 0.0619. The smallest absolute Gasteiger partial charge is 0.251 e. The molecule has 116 valence electrons. The number of carbonyl (C=O) groups is 2. The van der Waals surface area contributed by atoms with E-state index in [-0.39, 0.29) is 11.8 Å². The van der Waals surface area contributed by atoms with Crippen molar-refractivity contribution in [2.45, 2.75) is 33.2 Å². The van der Waals surface area contributed by atoms with Crippen LogP contribution in [0.2, 0.25) is 0 Å². The molecule has 0 saturated heterocycles. The first-order valence-electron chi connectivity index (χ1n) is 7.42. The van der Waals surface area contributed by atoms with Crippen LogP contribution in [0.5, 0.6) is 0 Å². The van der Waals surface area contributed by atoms with Crippen molar-refractivity contribution in [1.82, 2.24) is 10.2 Å². The molecule has 1 atom stereocenters. The van der Waals surface area contributed by atoms with Gasteiger partial charge in [-0.15, -0.1) is 0 Å². The lowest BCUT2D eigenvalue weighted by atomic mass is 10.1. The van der Waals surface area contributed by atoms with Crippen molar-refractivity contribution in [2.24, 2.45) is 5.73 Å². The van der Waals surface area contributed by atoms with Gasteiger partial charge in [0, 0.05) is 18.7 Å². The number of nitrogens with zero attached hydrogens (tertiary/aromatic N) is 1. The highest BCUT2D eigenvalue weighted by Crippen LogP contribution is 2.05. The van der Waals surface area contributed by atoms with Gasteiger partial charge in [0.05, 0.1) is 0 Å². The van der Waals surface area contributed by atoms with E-state index >= 15 is 0 Å². The molecule has 3 N–H and O–H groups in total. The van der Waals surface area contributed by atoms with E-state index in [9.17, 15) is 9.59 Å². The van der Waals surface area contributed by atoms with Crippen LogP contribution in [0.1, 0.15) is 36.7 Å². The third-order valence-corrected chi connectivity index (χ3v) is 3.44. The summed E-state index contributed by atoms with van der Waals surface area (Å²) in [5.41, 5.74) is 7.14. The average molecular weight is 291 g/mol. The first-order chi connectivity index (χ1) is 10.0. The molecule has 5 heteroatoms. The predicted octanol–water partition coefficient (Wildman–Crippen LogP) is 1.17. The Bertz CT molecular complexity index is 467. The number of rotatable bonds is 7. The van der Waals surface area contributed by atoms with Crippen LogP contribution in [0.25, 0.3) is 0 Å². The van der Waals surface area contributed by atoms with Crippen molar-refractivity contribution in [3.8, 4) is 0 Å². The summed E-state index contributed by atoms with van der Waals surface area (Å²) < 4.78 is 0. The Balaban J connectivity index is 2.65. The summed E-state index contributed by atoms with van der Waals surface area (Å²) in [4.78, 5) is 25.9. The molecule has 0 radical (unpaired) electrons. The fraction of sp³-hybridized carbons (Fsp3) is 0.500. The molecule has 1 aromatic rings. The van der Waals surface area contributed by atoms with Gasteiger partial charge in [-0.1, -0.05) is 12.1 Å². The second kappa shape index (κ2) is 8.42. The molecule has 0 spiro atoms. The van der Waals surface area contributed by atoms with Crippen LogP contribution in [0, 0.1) is 0 Å². The Labute approximate surface area is 126 Å². The largest absolute Gasteiger partial charge is 0.341 e. The van der Waals surface area contributed by atoms with Gasteiger partial charge in [0.1, 0.15) is 6.04 Å². The Hall–Kier alpha value is -1.88. The van der Waals surface area contributed by atoms with Crippen molar-refractivity contribution in [2.75, 3.05) is 19.6 Å². The van der Waals surface area contributed by atoms with Gasteiger partial charge in [0.15, 0.2) is 0 Å². The molecule has 0 aliphatic rings. The van der Waals surface area contributed by atoms with Gasteiger partial charge >= 0.3 is 0 Å². The monoisotopic (exact) mass is 291 g/mol. The van der Waals surface area contributed by atoms with E-state index < -0.39 is 6.04 Å². The van der Waals surface area contributed by atoms with Crippen molar-refractivity contribution >= 4 is 11.8 Å². The maximum Gasteiger partial charge on any atom is 0.251 e. The van der Waals surface area contributed by atoms with Gasteiger partial charge in [-0.05, 0) is 51.4 Å². The van der Waals surface area contributed by atoms with Crippen molar-refractivity contribution in [1.29, 1.82) is 0 Å². The summed E-state index contributed by atoms with van der Waals surface area (Å²) in [6, 6.07) is 6.77. The quantitative estimate of drug-likeness (QED) is 0.792. The molecular formula is C16H25N3O2. The van der Waals surface area contributed by atoms with Gasteiger partial charge in [0.2, 0.25) is 5.91 Å². The zero-order valence-corrected chi connectivity index (χ0v) is 13.1. The number of amides is 2. The number of carbonyl (C=O) groups excluding carboxylic acids is 2. The lowest BCUT2D eigenvalue weighted by molar-refractivity contribution is -0.132. The highest BCUT2D eigenvalue weighted by atomic mass is 16.2. The number of nitrogens with one attached hydrogen (secondary N) is 1. The average Bonchev–Trinajstić information content (AvgIpc) is 2.49. The minimum atomic E-state index is -0.527. The molecule has 1 rings (SSSR count). The Morgan fingerprint density at radius 1 is 1.19 bits per heavy atom. The molecule has 0 heterocycles. The van der Waals surface area contributed by atoms with Crippen LogP contribution in [-0.4, -0.2) is 42.4 Å². The van der Waals surface area contributed by atoms with E-state index in [0.717, 1.165) is 12.0 Å². The van der Waals surface area contributed by atoms with Gasteiger partial charge < -0.3 is 16.0 Å². The summed E-state index contributed by atoms with van der Waals surface area (Å²) in [7, 11) is 0. The summed E-state index contributed by atoms with van der Waals surface area (Å²) in [5.74, 6) is -0.296. The number of benzene rings is 1. The summed E-state index contributed by atoms with van der Waals surface area (Å²) in [5, 5.41) is 2.74. The fourth-order valence-electron chi connectivity index (χ4n) is 2.14. The summed E-state index contributed by atoms with van der Waals surface area (Å²) in [6.45, 7) is 7.42. The van der Waals surface area contributed by atoms with Gasteiger partial charge in [-0.3, -0.25) is 9.59 Å². The molecule has 1 aromatic carbocycles. The van der Waals surface area contributed by atoms with Gasteiger partial charge in [0.25, 0.3) is 5.91 Å². The van der Waals surface area contributed by atoms with E-state index in [1.807, 2.05) is 26.0 Å². The highest BCUT2D eigenvalue weighted by molar-refractivity contribution is 5.97. The number of hydrogen-bond donors (Lipinski definition) is 2. The second-order valence-corrected chi connectivity index (χ2v) is 4.94. The lowest BCUT2D eigenvalue weighted by Gasteiger charge is -2.23. The van der Waals surface area contributed by atoms with Crippen LogP contribution in [0.15, 0.2) is 24.3 Å². The standard InChI is InChI=1S/C16H25N3O2/c1-4-19(5-2)16(21)12(3)18-15(20)14-8-6-13(7-9-14)10-11-17/h6-9,12H,4-5,10-11,17H2,1-3H3,(H,18,20). The number of hydrogen-bond acceptors (Lipinski definition) is 3. The van der Waals surface area contributed by atoms with E-state index in [1.54, 1.807) is 24.0 Å². The zero-order chi connectivity index (χ0) is 15.8. The maximum atomic E-state index is 12.1. The van der Waals surface area contributed by atoms with E-state index in [0.29, 0.717) is 25.2 Å². The van der Waals surface area contributed by atoms with Crippen molar-refractivity contribution < 1.29 is 9.59 Å². The molecule has 0 aliphatic heterocycles. The van der Waals surface area contributed by atoms with Crippen molar-refractivity contribution in [3.05, 3.63) is 35.4 Å². The highest BCUT2D eigenvalue weighted by Gasteiger charge is 2.20. The third-order valence-electron chi connectivity index (χ3n) is 3.44. The molecule has 0 fully saturated rings. The van der Waals surface area contributed by atoms with Gasteiger partial charge in [-0.2, -0.15) is 0 Å². The molecule has 5 nitrogen and oxygen atoms in total. The topological polar surface area (TPSA) is 75.4 Å². The number of likely N-dealkylation sites (N-methyl/N-ethyl adjacent to an activating group) is 1. The first-order valence-corrected chi connectivity index (χ1v) is 7.42. The second-order valence-electron chi connectivity index (χ2n) is 4.94. The zero-order valence-electron chi connectivity index (χ0n) is 13.1. The van der Waals surface area contributed by atoms with E-state index in [4.69, 9.17) is 5.73 Å². The van der Waals surface area contributed by atoms with E-state index in [1.165, 1.54) is 0 Å². The molecule has 21 heavy (non-hydrogen) atoms. The first kappa shape index (κ1) is 17.2. The van der Waals surface area contributed by atoms with Crippen LogP contribution in [0.3, 0.4) is 0 Å². The van der Waals surface area contributed by atoms with E-state index in [2.05, 4.69) is 5.32 Å². The van der Waals surface area contributed by atoms with Crippen LogP contribution < -0.4 is 11.1 Å². The minimum Gasteiger partial charge on any atom is -0.341 e. The Kier molecular flexibility index (Phi) is 6.88. The predicted molar refractivity (Wildman–Crippen MR) is 84.1 cm³/mol. The molecule has 0 saturated carbocycles. The fourth-order valence-corrected chi connectivity index (χ4v) is 2.14. The molecule has 0 aliphatic carbocycles. The lowest BCUT2D eigenvalue weighted by Crippen LogP contribution is -2.46. The third kappa shape index (κ3) is 4.86. The molecule has 0 bridgehead atoms.